The number of ether oxygens (including phenoxy) is 1. The molecule has 1 aromatic carbocycles. The van der Waals surface area contributed by atoms with E-state index in [2.05, 4.69) is 11.4 Å². The van der Waals surface area contributed by atoms with Gasteiger partial charge in [0, 0.05) is 11.6 Å². The first-order chi connectivity index (χ1) is 7.76. The largest absolute Gasteiger partial charge is 0.493 e. The minimum absolute atomic E-state index is 0.245. The Kier molecular flexibility index (Phi) is 3.44. The summed E-state index contributed by atoms with van der Waals surface area (Å²) in [5.74, 6) is 0.155. The van der Waals surface area contributed by atoms with E-state index in [1.165, 1.54) is 7.11 Å². The van der Waals surface area contributed by atoms with Crippen LogP contribution in [0.5, 0.6) is 5.75 Å². The number of halogens is 1. The van der Waals surface area contributed by atoms with Crippen LogP contribution in [0, 0.1) is 5.82 Å². The first kappa shape index (κ1) is 11.4. The number of rotatable bonds is 3. The highest BCUT2D eigenvalue weighted by Crippen LogP contribution is 2.33. The number of aryl methyl sites for hydroxylation is 1. The van der Waals surface area contributed by atoms with E-state index in [0.717, 1.165) is 36.9 Å². The van der Waals surface area contributed by atoms with Gasteiger partial charge in [-0.15, -0.1) is 0 Å². The highest BCUT2D eigenvalue weighted by molar-refractivity contribution is 5.41. The molecule has 1 N–H and O–H groups in total. The highest BCUT2D eigenvalue weighted by Gasteiger charge is 2.22. The molecule has 1 aromatic rings. The van der Waals surface area contributed by atoms with Gasteiger partial charge in [-0.05, 0) is 37.4 Å². The van der Waals surface area contributed by atoms with Gasteiger partial charge in [-0.1, -0.05) is 13.0 Å². The van der Waals surface area contributed by atoms with E-state index >= 15 is 0 Å². The molecule has 1 aliphatic heterocycles. The average molecular weight is 223 g/mol. The molecule has 1 saturated heterocycles. The van der Waals surface area contributed by atoms with Crippen molar-refractivity contribution in [3.05, 3.63) is 29.1 Å². The van der Waals surface area contributed by atoms with Crippen molar-refractivity contribution in [2.45, 2.75) is 32.2 Å². The van der Waals surface area contributed by atoms with Crippen LogP contribution in [0.2, 0.25) is 0 Å². The molecule has 16 heavy (non-hydrogen) atoms. The summed E-state index contributed by atoms with van der Waals surface area (Å²) in [6.07, 6.45) is 3.05. The predicted octanol–water partition coefficient (Wildman–Crippen LogP) is 2.82. The van der Waals surface area contributed by atoms with E-state index in [9.17, 15) is 4.39 Å². The summed E-state index contributed by atoms with van der Waals surface area (Å²) in [4.78, 5) is 0. The number of methoxy groups -OCH3 is 1. The standard InChI is InChI=1S/C13H18FNO/c1-3-9-7-10(12-5-4-6-15-12)13(16-2)11(14)8-9/h7-8,12,15H,3-6H2,1-2H3. The molecule has 1 unspecified atom stereocenters. The van der Waals surface area contributed by atoms with Crippen LogP contribution in [0.3, 0.4) is 0 Å². The Hall–Kier alpha value is -1.09. The third-order valence-corrected chi connectivity index (χ3v) is 3.18. The van der Waals surface area contributed by atoms with Gasteiger partial charge in [-0.25, -0.2) is 4.39 Å². The molecule has 88 valence electrons. The van der Waals surface area contributed by atoms with E-state index < -0.39 is 0 Å². The van der Waals surface area contributed by atoms with Gasteiger partial charge in [0.2, 0.25) is 0 Å². The molecule has 0 aromatic heterocycles. The maximum Gasteiger partial charge on any atom is 0.165 e. The van der Waals surface area contributed by atoms with Gasteiger partial charge in [0.25, 0.3) is 0 Å². The van der Waals surface area contributed by atoms with E-state index in [1.54, 1.807) is 6.07 Å². The second-order valence-corrected chi connectivity index (χ2v) is 4.20. The monoisotopic (exact) mass is 223 g/mol. The van der Waals surface area contributed by atoms with Crippen LogP contribution >= 0.6 is 0 Å². The van der Waals surface area contributed by atoms with Crippen molar-refractivity contribution in [2.75, 3.05) is 13.7 Å². The summed E-state index contributed by atoms with van der Waals surface area (Å²) in [5, 5.41) is 3.38. The smallest absolute Gasteiger partial charge is 0.165 e. The van der Waals surface area contributed by atoms with Crippen LogP contribution in [0.4, 0.5) is 4.39 Å². The van der Waals surface area contributed by atoms with Gasteiger partial charge in [-0.2, -0.15) is 0 Å². The Morgan fingerprint density at radius 2 is 2.31 bits per heavy atom. The Bertz CT molecular complexity index is 372. The van der Waals surface area contributed by atoms with Gasteiger partial charge in [0.15, 0.2) is 11.6 Å². The molecular weight excluding hydrogens is 205 g/mol. The first-order valence-electron chi connectivity index (χ1n) is 5.86. The molecular formula is C13H18FNO. The normalized spacial score (nSPS) is 20.1. The van der Waals surface area contributed by atoms with Crippen LogP contribution in [-0.2, 0) is 6.42 Å². The van der Waals surface area contributed by atoms with Crippen molar-refractivity contribution in [3.63, 3.8) is 0 Å². The summed E-state index contributed by atoms with van der Waals surface area (Å²) < 4.78 is 19.0. The molecule has 2 rings (SSSR count). The van der Waals surface area contributed by atoms with Crippen molar-refractivity contribution in [3.8, 4) is 5.75 Å². The molecule has 1 atom stereocenters. The lowest BCUT2D eigenvalue weighted by atomic mass is 10.00. The molecule has 0 aliphatic carbocycles. The van der Waals surface area contributed by atoms with Gasteiger partial charge in [0.05, 0.1) is 7.11 Å². The van der Waals surface area contributed by atoms with Gasteiger partial charge < -0.3 is 10.1 Å². The fourth-order valence-electron chi connectivity index (χ4n) is 2.30. The topological polar surface area (TPSA) is 21.3 Å². The molecule has 1 heterocycles. The summed E-state index contributed by atoms with van der Waals surface area (Å²) >= 11 is 0. The number of hydrogen-bond donors (Lipinski definition) is 1. The van der Waals surface area contributed by atoms with Crippen molar-refractivity contribution in [1.29, 1.82) is 0 Å². The molecule has 2 nitrogen and oxygen atoms in total. The maximum absolute atomic E-state index is 13.8. The summed E-state index contributed by atoms with van der Waals surface area (Å²) in [6.45, 7) is 3.04. The lowest BCUT2D eigenvalue weighted by molar-refractivity contribution is 0.375. The molecule has 0 bridgehead atoms. The zero-order chi connectivity index (χ0) is 11.5. The fraction of sp³-hybridized carbons (Fsp3) is 0.538. The predicted molar refractivity (Wildman–Crippen MR) is 62.3 cm³/mol. The van der Waals surface area contributed by atoms with Gasteiger partial charge in [0.1, 0.15) is 0 Å². The maximum atomic E-state index is 13.8. The SMILES string of the molecule is CCc1cc(F)c(OC)c(C2CCCN2)c1. The molecule has 0 radical (unpaired) electrons. The Morgan fingerprint density at radius 3 is 2.88 bits per heavy atom. The second-order valence-electron chi connectivity index (χ2n) is 4.20. The van der Waals surface area contributed by atoms with E-state index in [1.807, 2.05) is 6.92 Å². The number of hydrogen-bond acceptors (Lipinski definition) is 2. The fourth-order valence-corrected chi connectivity index (χ4v) is 2.30. The second kappa shape index (κ2) is 4.83. The van der Waals surface area contributed by atoms with Crippen LogP contribution in [0.25, 0.3) is 0 Å². The lowest BCUT2D eigenvalue weighted by Crippen LogP contribution is -2.14. The van der Waals surface area contributed by atoms with Crippen molar-refractivity contribution < 1.29 is 9.13 Å². The number of nitrogens with one attached hydrogen (secondary N) is 1. The average Bonchev–Trinajstić information content (AvgIpc) is 2.81. The highest BCUT2D eigenvalue weighted by atomic mass is 19.1. The van der Waals surface area contributed by atoms with Gasteiger partial charge in [-0.3, -0.25) is 0 Å². The number of benzene rings is 1. The summed E-state index contributed by atoms with van der Waals surface area (Å²) in [6, 6.07) is 3.87. The quantitative estimate of drug-likeness (QED) is 0.850. The first-order valence-corrected chi connectivity index (χ1v) is 5.86. The van der Waals surface area contributed by atoms with Crippen molar-refractivity contribution >= 4 is 0 Å². The minimum Gasteiger partial charge on any atom is -0.493 e. The third-order valence-electron chi connectivity index (χ3n) is 3.18. The molecule has 0 amide bonds. The van der Waals surface area contributed by atoms with Crippen LogP contribution < -0.4 is 10.1 Å². The summed E-state index contributed by atoms with van der Waals surface area (Å²) in [5.41, 5.74) is 2.00. The van der Waals surface area contributed by atoms with Crippen LogP contribution in [0.15, 0.2) is 12.1 Å². The van der Waals surface area contributed by atoms with Gasteiger partial charge >= 0.3 is 0 Å². The minimum atomic E-state index is -0.245. The van der Waals surface area contributed by atoms with Crippen molar-refractivity contribution in [2.24, 2.45) is 0 Å². The molecule has 1 fully saturated rings. The molecule has 0 saturated carbocycles. The molecule has 0 spiro atoms. The summed E-state index contributed by atoms with van der Waals surface area (Å²) in [7, 11) is 1.53. The Labute approximate surface area is 95.8 Å². The lowest BCUT2D eigenvalue weighted by Gasteiger charge is -2.17. The van der Waals surface area contributed by atoms with E-state index in [0.29, 0.717) is 5.75 Å². The van der Waals surface area contributed by atoms with E-state index in [4.69, 9.17) is 4.74 Å². The van der Waals surface area contributed by atoms with Crippen LogP contribution in [0.1, 0.15) is 36.9 Å². The Morgan fingerprint density at radius 1 is 1.50 bits per heavy atom. The van der Waals surface area contributed by atoms with Crippen LogP contribution in [-0.4, -0.2) is 13.7 Å². The zero-order valence-corrected chi connectivity index (χ0v) is 9.85. The van der Waals surface area contributed by atoms with E-state index in [-0.39, 0.29) is 11.9 Å². The molecule has 3 heteroatoms. The van der Waals surface area contributed by atoms with Crippen molar-refractivity contribution in [1.82, 2.24) is 5.32 Å². The third kappa shape index (κ3) is 2.05. The molecule has 1 aliphatic rings. The zero-order valence-electron chi connectivity index (χ0n) is 9.85. The Balaban J connectivity index is 2.42.